The van der Waals surface area contributed by atoms with Gasteiger partial charge in [0.05, 0.1) is 22.2 Å². The molecule has 1 aliphatic heterocycles. The Morgan fingerprint density at radius 2 is 1.92 bits per heavy atom. The van der Waals surface area contributed by atoms with Crippen LogP contribution >= 0.6 is 0 Å². The molecule has 1 N–H and O–H groups in total. The number of nitrogens with zero attached hydrogens (tertiary/aromatic N) is 2. The van der Waals surface area contributed by atoms with Crippen LogP contribution in [0.2, 0.25) is 0 Å². The summed E-state index contributed by atoms with van der Waals surface area (Å²) in [6.07, 6.45) is 0.501. The van der Waals surface area contributed by atoms with E-state index in [1.54, 1.807) is 24.3 Å². The molecule has 124 valence electrons. The van der Waals surface area contributed by atoms with Crippen LogP contribution < -0.4 is 11.1 Å². The summed E-state index contributed by atoms with van der Waals surface area (Å²) in [5.41, 5.74) is 5.04. The molecule has 3 aromatic rings. The third-order valence-electron chi connectivity index (χ3n) is 4.21. The molecule has 0 bridgehead atoms. The highest BCUT2D eigenvalue weighted by molar-refractivity contribution is 6.03. The average molecular weight is 335 g/mol. The minimum Gasteiger partial charge on any atom is -0.422 e. The Balaban J connectivity index is 1.61. The second-order valence-corrected chi connectivity index (χ2v) is 5.78. The van der Waals surface area contributed by atoms with Crippen molar-refractivity contribution in [3.63, 3.8) is 0 Å². The molecule has 7 nitrogen and oxygen atoms in total. The number of benzene rings is 2. The number of nitro benzene ring substituents is 1. The number of rotatable bonds is 3. The zero-order valence-electron chi connectivity index (χ0n) is 13.0. The fourth-order valence-corrected chi connectivity index (χ4v) is 2.89. The summed E-state index contributed by atoms with van der Waals surface area (Å²) in [5, 5.41) is 15.8. The van der Waals surface area contributed by atoms with E-state index in [-0.39, 0.29) is 11.7 Å². The van der Waals surface area contributed by atoms with E-state index in [4.69, 9.17) is 4.42 Å². The third kappa shape index (κ3) is 2.76. The maximum Gasteiger partial charge on any atom is 0.345 e. The number of para-hydroxylation sites is 1. The predicted molar refractivity (Wildman–Crippen MR) is 92.6 cm³/mol. The minimum absolute atomic E-state index is 0.0399. The van der Waals surface area contributed by atoms with Gasteiger partial charge in [0.25, 0.3) is 5.69 Å². The van der Waals surface area contributed by atoms with Crippen molar-refractivity contribution in [2.75, 3.05) is 0 Å². The lowest BCUT2D eigenvalue weighted by Gasteiger charge is -2.09. The minimum atomic E-state index is -0.436. The number of non-ortho nitro benzene ring substituents is 1. The van der Waals surface area contributed by atoms with Crippen LogP contribution in [-0.4, -0.2) is 10.6 Å². The predicted octanol–water partition coefficient (Wildman–Crippen LogP) is 3.14. The number of hydrogen-bond acceptors (Lipinski definition) is 6. The molecule has 0 amide bonds. The Labute approximate surface area is 141 Å². The van der Waals surface area contributed by atoms with Gasteiger partial charge in [-0.3, -0.25) is 10.1 Å². The van der Waals surface area contributed by atoms with Crippen LogP contribution in [0.25, 0.3) is 11.0 Å². The molecule has 0 saturated heterocycles. The maximum atomic E-state index is 12.2. The molecule has 25 heavy (non-hydrogen) atoms. The highest BCUT2D eigenvalue weighted by atomic mass is 16.6. The fraction of sp³-hybridized carbons (Fsp3) is 0.111. The van der Waals surface area contributed by atoms with E-state index < -0.39 is 10.5 Å². The monoisotopic (exact) mass is 335 g/mol. The van der Waals surface area contributed by atoms with Crippen LogP contribution in [0.1, 0.15) is 23.6 Å². The van der Waals surface area contributed by atoms with Gasteiger partial charge in [-0.05, 0) is 17.7 Å². The Bertz CT molecular complexity index is 1050. The highest BCUT2D eigenvalue weighted by Gasteiger charge is 2.24. The first-order valence-electron chi connectivity index (χ1n) is 7.71. The summed E-state index contributed by atoms with van der Waals surface area (Å²) in [6.45, 7) is 0. The Morgan fingerprint density at radius 1 is 1.16 bits per heavy atom. The Kier molecular flexibility index (Phi) is 3.53. The van der Waals surface area contributed by atoms with E-state index in [1.165, 1.54) is 12.1 Å². The van der Waals surface area contributed by atoms with E-state index in [9.17, 15) is 14.9 Å². The quantitative estimate of drug-likeness (QED) is 0.450. The fourth-order valence-electron chi connectivity index (χ4n) is 2.89. The molecule has 4 rings (SSSR count). The van der Waals surface area contributed by atoms with Gasteiger partial charge in [0.1, 0.15) is 5.58 Å². The molecule has 1 aliphatic rings. The summed E-state index contributed by atoms with van der Waals surface area (Å²) in [6, 6.07) is 15.2. The van der Waals surface area contributed by atoms with E-state index in [2.05, 4.69) is 10.5 Å². The molecule has 0 spiro atoms. The van der Waals surface area contributed by atoms with Gasteiger partial charge >= 0.3 is 5.63 Å². The first-order valence-corrected chi connectivity index (χ1v) is 7.71. The average Bonchev–Trinajstić information content (AvgIpc) is 3.11. The lowest BCUT2D eigenvalue weighted by Crippen LogP contribution is -2.14. The molecule has 7 heteroatoms. The third-order valence-corrected chi connectivity index (χ3v) is 4.21. The van der Waals surface area contributed by atoms with E-state index in [0.29, 0.717) is 23.3 Å². The second-order valence-electron chi connectivity index (χ2n) is 5.78. The summed E-state index contributed by atoms with van der Waals surface area (Å²) in [7, 11) is 0. The molecule has 0 radical (unpaired) electrons. The van der Waals surface area contributed by atoms with E-state index in [1.807, 2.05) is 18.2 Å². The molecule has 1 aromatic heterocycles. The van der Waals surface area contributed by atoms with Crippen molar-refractivity contribution < 1.29 is 9.34 Å². The zero-order chi connectivity index (χ0) is 17.4. The van der Waals surface area contributed by atoms with Crippen LogP contribution in [0.5, 0.6) is 0 Å². The molecule has 0 unspecified atom stereocenters. The van der Waals surface area contributed by atoms with Crippen LogP contribution in [0, 0.1) is 10.1 Å². The van der Waals surface area contributed by atoms with Crippen LogP contribution in [0.15, 0.2) is 68.9 Å². The molecular formula is C18H13N3O4. The number of fused-ring (bicyclic) bond motifs is 1. The molecule has 0 aliphatic carbocycles. The van der Waals surface area contributed by atoms with Crippen LogP contribution in [0.4, 0.5) is 5.69 Å². The van der Waals surface area contributed by atoms with Crippen molar-refractivity contribution in [3.8, 4) is 0 Å². The number of nitrogens with one attached hydrogen (secondary N) is 1. The van der Waals surface area contributed by atoms with E-state index >= 15 is 0 Å². The van der Waals surface area contributed by atoms with Gasteiger partial charge in [0.2, 0.25) is 0 Å². The molecule has 0 fully saturated rings. The Hall–Kier alpha value is -3.48. The van der Waals surface area contributed by atoms with Crippen molar-refractivity contribution in [1.29, 1.82) is 0 Å². The van der Waals surface area contributed by atoms with Gasteiger partial charge in [-0.1, -0.05) is 30.3 Å². The van der Waals surface area contributed by atoms with Gasteiger partial charge < -0.3 is 9.84 Å². The van der Waals surface area contributed by atoms with Crippen LogP contribution in [0.3, 0.4) is 0 Å². The van der Waals surface area contributed by atoms with Crippen molar-refractivity contribution in [2.45, 2.75) is 12.5 Å². The summed E-state index contributed by atoms with van der Waals surface area (Å²) in [4.78, 5) is 22.5. The number of hydrazone groups is 1. The topological polar surface area (TPSA) is 97.7 Å². The van der Waals surface area contributed by atoms with Crippen molar-refractivity contribution in [1.82, 2.24) is 5.43 Å². The van der Waals surface area contributed by atoms with Gasteiger partial charge in [-0.25, -0.2) is 4.79 Å². The number of nitro groups is 1. The van der Waals surface area contributed by atoms with Crippen molar-refractivity contribution >= 4 is 22.4 Å². The summed E-state index contributed by atoms with van der Waals surface area (Å²) >= 11 is 0. The van der Waals surface area contributed by atoms with Crippen LogP contribution in [-0.2, 0) is 0 Å². The smallest absolute Gasteiger partial charge is 0.345 e. The van der Waals surface area contributed by atoms with Gasteiger partial charge in [-0.15, -0.1) is 0 Å². The largest absolute Gasteiger partial charge is 0.422 e. The van der Waals surface area contributed by atoms with Crippen molar-refractivity contribution in [2.24, 2.45) is 5.10 Å². The first-order chi connectivity index (χ1) is 12.1. The first kappa shape index (κ1) is 15.1. The normalized spacial score (nSPS) is 16.5. The zero-order valence-corrected chi connectivity index (χ0v) is 13.0. The Morgan fingerprint density at radius 3 is 2.68 bits per heavy atom. The van der Waals surface area contributed by atoms with Gasteiger partial charge in [0, 0.05) is 23.9 Å². The lowest BCUT2D eigenvalue weighted by molar-refractivity contribution is -0.384. The molecule has 2 aromatic carbocycles. The maximum absolute atomic E-state index is 12.2. The second kappa shape index (κ2) is 5.86. The van der Waals surface area contributed by atoms with Gasteiger partial charge in [0.15, 0.2) is 0 Å². The SMILES string of the molecule is O=c1oc2ccccc2cc1C1=NN[C@H](c2ccc([N+](=O)[O-])cc2)C1. The summed E-state index contributed by atoms with van der Waals surface area (Å²) in [5.74, 6) is 0. The number of hydrogen-bond donors (Lipinski definition) is 1. The molecular weight excluding hydrogens is 322 g/mol. The molecule has 2 heterocycles. The van der Waals surface area contributed by atoms with E-state index in [0.717, 1.165) is 10.9 Å². The van der Waals surface area contributed by atoms with Gasteiger partial charge in [-0.2, -0.15) is 5.10 Å². The summed E-state index contributed by atoms with van der Waals surface area (Å²) < 4.78 is 5.35. The van der Waals surface area contributed by atoms with Crippen molar-refractivity contribution in [3.05, 3.63) is 86.3 Å². The molecule has 0 saturated carbocycles. The standard InChI is InChI=1S/C18H13N3O4/c22-18-14(9-12-3-1-2-4-17(12)25-18)16-10-15(19-20-16)11-5-7-13(8-6-11)21(23)24/h1-9,15,19H,10H2/t15-/m0/s1. The lowest BCUT2D eigenvalue weighted by atomic mass is 9.99. The highest BCUT2D eigenvalue weighted by Crippen LogP contribution is 2.26. The molecule has 1 atom stereocenters.